The molecule has 2 heterocycles. The van der Waals surface area contributed by atoms with Gasteiger partial charge in [0.2, 0.25) is 5.91 Å². The predicted molar refractivity (Wildman–Crippen MR) is 118 cm³/mol. The maximum atomic E-state index is 12.2. The molecule has 0 saturated heterocycles. The zero-order valence-electron chi connectivity index (χ0n) is 17.8. The standard InChI is InChI=1S/C23H28N6O/c1-15-16(2)28-29(17(15)3)22-13-12-21(26-27-22)24-19-8-10-20(11-9-19)25-23(30)14-18-6-4-5-7-18/h8-13,18H,4-7,14H2,1-3H3,(H,24,26)(H,25,30). The van der Waals surface area contributed by atoms with Crippen molar-refractivity contribution in [2.75, 3.05) is 10.6 Å². The largest absolute Gasteiger partial charge is 0.339 e. The fourth-order valence-corrected chi connectivity index (χ4v) is 3.92. The molecule has 0 aliphatic heterocycles. The summed E-state index contributed by atoms with van der Waals surface area (Å²) in [5.74, 6) is 1.99. The van der Waals surface area contributed by atoms with Crippen molar-refractivity contribution in [2.45, 2.75) is 52.9 Å². The molecule has 1 amide bonds. The van der Waals surface area contributed by atoms with Gasteiger partial charge in [-0.05, 0) is 81.5 Å². The molecule has 1 aliphatic rings. The monoisotopic (exact) mass is 404 g/mol. The number of amides is 1. The van der Waals surface area contributed by atoms with Gasteiger partial charge >= 0.3 is 0 Å². The van der Waals surface area contributed by atoms with Crippen LogP contribution in [0.15, 0.2) is 36.4 Å². The first-order chi connectivity index (χ1) is 14.5. The smallest absolute Gasteiger partial charge is 0.224 e. The summed E-state index contributed by atoms with van der Waals surface area (Å²) in [5, 5.41) is 19.3. The Morgan fingerprint density at radius 3 is 2.30 bits per heavy atom. The molecule has 0 radical (unpaired) electrons. The molecule has 7 heteroatoms. The minimum absolute atomic E-state index is 0.100. The van der Waals surface area contributed by atoms with Crippen LogP contribution < -0.4 is 10.6 Å². The lowest BCUT2D eigenvalue weighted by atomic mass is 10.0. The first kappa shape index (κ1) is 20.1. The number of carbonyl (C=O) groups is 1. The van der Waals surface area contributed by atoms with Gasteiger partial charge in [0.1, 0.15) is 0 Å². The van der Waals surface area contributed by atoms with Gasteiger partial charge in [0, 0.05) is 23.5 Å². The van der Waals surface area contributed by atoms with Crippen molar-refractivity contribution in [3.05, 3.63) is 53.3 Å². The zero-order chi connectivity index (χ0) is 21.1. The number of anilines is 3. The summed E-state index contributed by atoms with van der Waals surface area (Å²) in [6.45, 7) is 6.07. The van der Waals surface area contributed by atoms with Crippen LogP contribution in [-0.2, 0) is 4.79 Å². The number of rotatable bonds is 6. The van der Waals surface area contributed by atoms with Gasteiger partial charge in [-0.2, -0.15) is 5.10 Å². The second-order valence-electron chi connectivity index (χ2n) is 8.09. The van der Waals surface area contributed by atoms with E-state index in [1.54, 1.807) is 0 Å². The van der Waals surface area contributed by atoms with Crippen LogP contribution in [0.4, 0.5) is 17.2 Å². The summed E-state index contributed by atoms with van der Waals surface area (Å²) in [7, 11) is 0. The van der Waals surface area contributed by atoms with Gasteiger partial charge in [-0.3, -0.25) is 4.79 Å². The Kier molecular flexibility index (Phi) is 5.79. The lowest BCUT2D eigenvalue weighted by Crippen LogP contribution is -2.15. The average molecular weight is 405 g/mol. The van der Waals surface area contributed by atoms with Gasteiger partial charge in [0.25, 0.3) is 0 Å². The molecule has 1 aliphatic carbocycles. The Morgan fingerprint density at radius 1 is 1.00 bits per heavy atom. The van der Waals surface area contributed by atoms with Gasteiger partial charge in [0.05, 0.1) is 5.69 Å². The highest BCUT2D eigenvalue weighted by Crippen LogP contribution is 2.28. The molecule has 2 aromatic heterocycles. The number of hydrogen-bond donors (Lipinski definition) is 2. The third-order valence-corrected chi connectivity index (χ3v) is 5.91. The van der Waals surface area contributed by atoms with E-state index >= 15 is 0 Å². The van der Waals surface area contributed by atoms with E-state index in [0.717, 1.165) is 28.3 Å². The molecule has 7 nitrogen and oxygen atoms in total. The van der Waals surface area contributed by atoms with Gasteiger partial charge in [-0.1, -0.05) is 12.8 Å². The first-order valence-corrected chi connectivity index (χ1v) is 10.5. The molecular weight excluding hydrogens is 376 g/mol. The molecule has 0 atom stereocenters. The van der Waals surface area contributed by atoms with Crippen molar-refractivity contribution in [1.29, 1.82) is 0 Å². The van der Waals surface area contributed by atoms with Crippen LogP contribution >= 0.6 is 0 Å². The summed E-state index contributed by atoms with van der Waals surface area (Å²) in [6, 6.07) is 11.4. The first-order valence-electron chi connectivity index (χ1n) is 10.5. The molecule has 30 heavy (non-hydrogen) atoms. The van der Waals surface area contributed by atoms with E-state index in [1.165, 1.54) is 25.7 Å². The molecule has 1 saturated carbocycles. The molecule has 4 rings (SSSR count). The van der Waals surface area contributed by atoms with Crippen molar-refractivity contribution in [3.63, 3.8) is 0 Å². The van der Waals surface area contributed by atoms with E-state index < -0.39 is 0 Å². The fourth-order valence-electron chi connectivity index (χ4n) is 3.92. The Bertz CT molecular complexity index is 1020. The molecule has 1 fully saturated rings. The maximum absolute atomic E-state index is 12.2. The molecule has 0 unspecified atom stereocenters. The van der Waals surface area contributed by atoms with Crippen LogP contribution in [0.25, 0.3) is 5.82 Å². The van der Waals surface area contributed by atoms with Crippen LogP contribution in [0.3, 0.4) is 0 Å². The zero-order valence-corrected chi connectivity index (χ0v) is 17.8. The number of nitrogens with zero attached hydrogens (tertiary/aromatic N) is 4. The van der Waals surface area contributed by atoms with Crippen molar-refractivity contribution in [3.8, 4) is 5.82 Å². The molecule has 0 spiro atoms. The molecule has 156 valence electrons. The van der Waals surface area contributed by atoms with E-state index in [9.17, 15) is 4.79 Å². The van der Waals surface area contributed by atoms with E-state index in [0.29, 0.717) is 24.0 Å². The number of aryl methyl sites for hydroxylation is 1. The third-order valence-electron chi connectivity index (χ3n) is 5.91. The number of hydrogen-bond acceptors (Lipinski definition) is 5. The van der Waals surface area contributed by atoms with Gasteiger partial charge in [-0.25, -0.2) is 4.68 Å². The summed E-state index contributed by atoms with van der Waals surface area (Å²) in [4.78, 5) is 12.2. The molecular formula is C23H28N6O. The molecule has 3 aromatic rings. The number of benzene rings is 1. The molecule has 2 N–H and O–H groups in total. The van der Waals surface area contributed by atoms with Gasteiger partial charge in [-0.15, -0.1) is 10.2 Å². The highest BCUT2D eigenvalue weighted by molar-refractivity contribution is 5.91. The number of nitrogens with one attached hydrogen (secondary N) is 2. The molecule has 1 aromatic carbocycles. The summed E-state index contributed by atoms with van der Waals surface area (Å²) in [6.07, 6.45) is 5.48. The highest BCUT2D eigenvalue weighted by Gasteiger charge is 2.18. The van der Waals surface area contributed by atoms with Crippen molar-refractivity contribution in [1.82, 2.24) is 20.0 Å². The van der Waals surface area contributed by atoms with Crippen molar-refractivity contribution < 1.29 is 4.79 Å². The van der Waals surface area contributed by atoms with Crippen LogP contribution in [0, 0.1) is 26.7 Å². The van der Waals surface area contributed by atoms with Crippen LogP contribution in [0.1, 0.15) is 49.1 Å². The highest BCUT2D eigenvalue weighted by atomic mass is 16.1. The second kappa shape index (κ2) is 8.65. The van der Waals surface area contributed by atoms with E-state index in [2.05, 4.69) is 32.9 Å². The van der Waals surface area contributed by atoms with Crippen LogP contribution in [0.2, 0.25) is 0 Å². The minimum atomic E-state index is 0.100. The van der Waals surface area contributed by atoms with Crippen LogP contribution in [0.5, 0.6) is 0 Å². The Labute approximate surface area is 176 Å². The Hall–Kier alpha value is -3.22. The van der Waals surface area contributed by atoms with Gasteiger partial charge in [0.15, 0.2) is 11.6 Å². The van der Waals surface area contributed by atoms with Crippen molar-refractivity contribution >= 4 is 23.1 Å². The van der Waals surface area contributed by atoms with E-state index in [-0.39, 0.29) is 5.91 Å². The van der Waals surface area contributed by atoms with E-state index in [4.69, 9.17) is 0 Å². The number of aromatic nitrogens is 4. The lowest BCUT2D eigenvalue weighted by Gasteiger charge is -2.11. The summed E-state index contributed by atoms with van der Waals surface area (Å²) in [5.41, 5.74) is 4.91. The summed E-state index contributed by atoms with van der Waals surface area (Å²) >= 11 is 0. The Balaban J connectivity index is 1.36. The van der Waals surface area contributed by atoms with E-state index in [1.807, 2.05) is 54.9 Å². The van der Waals surface area contributed by atoms with Crippen LogP contribution in [-0.4, -0.2) is 25.9 Å². The summed E-state index contributed by atoms with van der Waals surface area (Å²) < 4.78 is 1.81. The minimum Gasteiger partial charge on any atom is -0.339 e. The fraction of sp³-hybridized carbons (Fsp3) is 0.391. The average Bonchev–Trinajstić information content (AvgIpc) is 3.34. The second-order valence-corrected chi connectivity index (χ2v) is 8.09. The quantitative estimate of drug-likeness (QED) is 0.613. The lowest BCUT2D eigenvalue weighted by molar-refractivity contribution is -0.117. The topological polar surface area (TPSA) is 84.7 Å². The predicted octanol–water partition coefficient (Wildman–Crippen LogP) is 4.85. The SMILES string of the molecule is Cc1nn(-c2ccc(Nc3ccc(NC(=O)CC4CCCC4)cc3)nn2)c(C)c1C. The normalized spacial score (nSPS) is 14.1. The van der Waals surface area contributed by atoms with Crippen molar-refractivity contribution in [2.24, 2.45) is 5.92 Å². The third kappa shape index (κ3) is 4.50. The van der Waals surface area contributed by atoms with Gasteiger partial charge < -0.3 is 10.6 Å². The Morgan fingerprint density at radius 2 is 1.70 bits per heavy atom. The molecule has 0 bridgehead atoms. The maximum Gasteiger partial charge on any atom is 0.224 e. The number of carbonyl (C=O) groups excluding carboxylic acids is 1.